The van der Waals surface area contributed by atoms with Gasteiger partial charge in [-0.25, -0.2) is 9.18 Å². The third-order valence-corrected chi connectivity index (χ3v) is 2.24. The molecule has 3 N–H and O–H groups in total. The number of benzene rings is 1. The number of hydrogen-bond donors (Lipinski definition) is 2. The first kappa shape index (κ1) is 11.4. The van der Waals surface area contributed by atoms with Crippen molar-refractivity contribution in [2.24, 2.45) is 5.73 Å². The second kappa shape index (κ2) is 4.42. The van der Waals surface area contributed by atoms with Crippen LogP contribution in [0.1, 0.15) is 11.3 Å². The zero-order valence-corrected chi connectivity index (χ0v) is 8.77. The van der Waals surface area contributed by atoms with Crippen molar-refractivity contribution in [2.75, 3.05) is 0 Å². The lowest BCUT2D eigenvalue weighted by Gasteiger charge is -1.98. The molecule has 0 unspecified atom stereocenters. The van der Waals surface area contributed by atoms with E-state index in [1.54, 1.807) is 0 Å². The molecule has 90 valence electrons. The van der Waals surface area contributed by atoms with Crippen LogP contribution in [0.25, 0.3) is 11.0 Å². The van der Waals surface area contributed by atoms with Gasteiger partial charge in [0, 0.05) is 10.9 Å². The maximum absolute atomic E-state index is 13.1. The highest BCUT2D eigenvalue weighted by atomic mass is 19.1. The van der Waals surface area contributed by atoms with Gasteiger partial charge in [-0.15, -0.1) is 0 Å². The predicted molar refractivity (Wildman–Crippen MR) is 56.5 cm³/mol. The molecular weight excluding hydrogens is 229 g/mol. The summed E-state index contributed by atoms with van der Waals surface area (Å²) in [7, 11) is 0. The Balaban J connectivity index is 2.39. The summed E-state index contributed by atoms with van der Waals surface area (Å²) >= 11 is 0. The third kappa shape index (κ3) is 2.36. The highest BCUT2D eigenvalue weighted by Gasteiger charge is 2.11. The Morgan fingerprint density at radius 2 is 2.24 bits per heavy atom. The maximum Gasteiger partial charge on any atom is 0.404 e. The summed E-state index contributed by atoms with van der Waals surface area (Å²) in [5.74, 6) is -0.135. The Morgan fingerprint density at radius 3 is 2.88 bits per heavy atom. The number of nitrogens with two attached hydrogens (primary N) is 1. The van der Waals surface area contributed by atoms with Crippen molar-refractivity contribution in [1.82, 2.24) is 0 Å². The first-order chi connectivity index (χ1) is 8.10. The van der Waals surface area contributed by atoms with Crippen LogP contribution in [0, 0.1) is 5.82 Å². The molecule has 0 spiro atoms. The van der Waals surface area contributed by atoms with E-state index in [0.717, 1.165) is 0 Å². The van der Waals surface area contributed by atoms with E-state index in [0.29, 0.717) is 22.3 Å². The lowest BCUT2D eigenvalue weighted by Crippen LogP contribution is -2.12. The number of fused-ring (bicyclic) bond motifs is 1. The second-order valence-corrected chi connectivity index (χ2v) is 3.46. The number of rotatable bonds is 3. The molecule has 1 heterocycles. The summed E-state index contributed by atoms with van der Waals surface area (Å²) in [5, 5.41) is 9.55. The minimum absolute atomic E-state index is 0.128. The van der Waals surface area contributed by atoms with E-state index in [9.17, 15) is 9.18 Å². The fraction of sp³-hybridized carbons (Fsp3) is 0.182. The van der Waals surface area contributed by atoms with Crippen molar-refractivity contribution >= 4 is 17.1 Å². The quantitative estimate of drug-likeness (QED) is 0.852. The fourth-order valence-electron chi connectivity index (χ4n) is 1.57. The fourth-order valence-corrected chi connectivity index (χ4v) is 1.57. The zero-order chi connectivity index (χ0) is 12.4. The maximum atomic E-state index is 13.1. The number of aliphatic hydroxyl groups is 1. The van der Waals surface area contributed by atoms with Crippen LogP contribution >= 0.6 is 0 Å². The molecule has 0 radical (unpaired) electrons. The summed E-state index contributed by atoms with van der Waals surface area (Å²) < 4.78 is 23.0. The van der Waals surface area contributed by atoms with Gasteiger partial charge >= 0.3 is 6.09 Å². The topological polar surface area (TPSA) is 85.7 Å². The largest absolute Gasteiger partial charge is 0.457 e. The van der Waals surface area contributed by atoms with Crippen molar-refractivity contribution in [2.45, 2.75) is 13.2 Å². The van der Waals surface area contributed by atoms with Crippen molar-refractivity contribution in [3.63, 3.8) is 0 Å². The van der Waals surface area contributed by atoms with E-state index in [4.69, 9.17) is 15.3 Å². The third-order valence-electron chi connectivity index (χ3n) is 2.24. The molecule has 0 fully saturated rings. The van der Waals surface area contributed by atoms with Crippen molar-refractivity contribution in [3.8, 4) is 0 Å². The minimum atomic E-state index is -0.918. The van der Waals surface area contributed by atoms with Gasteiger partial charge in [-0.1, -0.05) is 0 Å². The molecule has 1 aromatic heterocycles. The predicted octanol–water partition coefficient (Wildman–Crippen LogP) is 1.66. The number of aliphatic hydroxyl groups excluding tert-OH is 1. The number of amides is 1. The highest BCUT2D eigenvalue weighted by Crippen LogP contribution is 2.25. The number of halogens is 1. The van der Waals surface area contributed by atoms with Gasteiger partial charge in [-0.2, -0.15) is 0 Å². The van der Waals surface area contributed by atoms with Gasteiger partial charge in [-0.3, -0.25) is 0 Å². The molecule has 0 atom stereocenters. The van der Waals surface area contributed by atoms with Crippen LogP contribution in [-0.4, -0.2) is 11.2 Å². The number of hydrogen-bond acceptors (Lipinski definition) is 4. The van der Waals surface area contributed by atoms with Crippen LogP contribution in [0.3, 0.4) is 0 Å². The average Bonchev–Trinajstić information content (AvgIpc) is 2.67. The van der Waals surface area contributed by atoms with Gasteiger partial charge in [0.05, 0.1) is 6.61 Å². The molecule has 0 saturated carbocycles. The van der Waals surface area contributed by atoms with E-state index in [-0.39, 0.29) is 13.2 Å². The SMILES string of the molecule is NC(=O)OCc1cc2cc(F)cc(CO)c2o1. The van der Waals surface area contributed by atoms with Gasteiger partial charge in [0.25, 0.3) is 0 Å². The molecule has 0 aliphatic carbocycles. The first-order valence-corrected chi connectivity index (χ1v) is 4.84. The molecule has 1 amide bonds. The highest BCUT2D eigenvalue weighted by molar-refractivity contribution is 5.81. The van der Waals surface area contributed by atoms with Gasteiger partial charge in [0.15, 0.2) is 6.61 Å². The van der Waals surface area contributed by atoms with Crippen molar-refractivity contribution in [3.05, 3.63) is 35.3 Å². The van der Waals surface area contributed by atoms with Gasteiger partial charge in [-0.05, 0) is 18.2 Å². The number of furan rings is 1. The van der Waals surface area contributed by atoms with Crippen LogP contribution in [-0.2, 0) is 18.0 Å². The van der Waals surface area contributed by atoms with Crippen LogP contribution in [0.2, 0.25) is 0 Å². The van der Waals surface area contributed by atoms with E-state index < -0.39 is 11.9 Å². The number of ether oxygens (including phenoxy) is 1. The van der Waals surface area contributed by atoms with Crippen LogP contribution in [0.15, 0.2) is 22.6 Å². The molecule has 6 heteroatoms. The van der Waals surface area contributed by atoms with Crippen LogP contribution < -0.4 is 5.73 Å². The standard InChI is InChI=1S/C11H10FNO4/c12-8-1-6-3-9(5-16-11(13)15)17-10(6)7(2-8)4-14/h1-3,14H,4-5H2,(H2,13,15). The van der Waals surface area contributed by atoms with Crippen LogP contribution in [0.5, 0.6) is 0 Å². The minimum Gasteiger partial charge on any atom is -0.457 e. The van der Waals surface area contributed by atoms with Gasteiger partial charge in [0.2, 0.25) is 0 Å². The number of primary amides is 1. The molecule has 5 nitrogen and oxygen atoms in total. The Morgan fingerprint density at radius 1 is 1.47 bits per heavy atom. The van der Waals surface area contributed by atoms with Crippen molar-refractivity contribution < 1.29 is 23.4 Å². The molecule has 0 bridgehead atoms. The summed E-state index contributed by atoms with van der Waals surface area (Å²) in [4.78, 5) is 10.4. The van der Waals surface area contributed by atoms with E-state index in [1.165, 1.54) is 18.2 Å². The average molecular weight is 239 g/mol. The summed E-state index contributed by atoms with van der Waals surface area (Å²) in [5.41, 5.74) is 5.52. The molecule has 0 saturated heterocycles. The molecule has 2 rings (SSSR count). The van der Waals surface area contributed by atoms with Crippen LogP contribution in [0.4, 0.5) is 9.18 Å². The molecule has 0 aliphatic rings. The normalized spacial score (nSPS) is 10.7. The van der Waals surface area contributed by atoms with Crippen molar-refractivity contribution in [1.29, 1.82) is 0 Å². The molecule has 0 aliphatic heterocycles. The molecule has 17 heavy (non-hydrogen) atoms. The van der Waals surface area contributed by atoms with Gasteiger partial charge < -0.3 is 20.0 Å². The Hall–Kier alpha value is -2.08. The number of carbonyl (C=O) groups excluding carboxylic acids is 1. The molecular formula is C11H10FNO4. The Labute approximate surface area is 95.6 Å². The summed E-state index contributed by atoms with van der Waals surface area (Å²) in [6, 6.07) is 3.98. The monoisotopic (exact) mass is 239 g/mol. The molecule has 1 aromatic carbocycles. The second-order valence-electron chi connectivity index (χ2n) is 3.46. The Bertz CT molecular complexity index is 564. The Kier molecular flexibility index (Phi) is 2.97. The van der Waals surface area contributed by atoms with E-state index >= 15 is 0 Å². The lowest BCUT2D eigenvalue weighted by molar-refractivity contribution is 0.142. The first-order valence-electron chi connectivity index (χ1n) is 4.84. The lowest BCUT2D eigenvalue weighted by atomic mass is 10.1. The zero-order valence-electron chi connectivity index (χ0n) is 8.77. The molecule has 2 aromatic rings. The summed E-state index contributed by atoms with van der Waals surface area (Å²) in [6.45, 7) is -0.464. The van der Waals surface area contributed by atoms with E-state index in [1.807, 2.05) is 0 Å². The van der Waals surface area contributed by atoms with E-state index in [2.05, 4.69) is 4.74 Å². The van der Waals surface area contributed by atoms with Gasteiger partial charge in [0.1, 0.15) is 17.2 Å². The smallest absolute Gasteiger partial charge is 0.404 e. The number of carbonyl (C=O) groups is 1. The summed E-state index contributed by atoms with van der Waals surface area (Å²) in [6.07, 6.45) is -0.918.